The highest BCUT2D eigenvalue weighted by atomic mass is 15.3. The van der Waals surface area contributed by atoms with Crippen molar-refractivity contribution in [3.8, 4) is 0 Å². The van der Waals surface area contributed by atoms with Crippen LogP contribution in [0, 0.1) is 0 Å². The summed E-state index contributed by atoms with van der Waals surface area (Å²) < 4.78 is 0. The second-order valence-corrected chi connectivity index (χ2v) is 4.40. The molecule has 1 aliphatic rings. The predicted molar refractivity (Wildman–Crippen MR) is 71.6 cm³/mol. The Morgan fingerprint density at radius 2 is 1.89 bits per heavy atom. The fourth-order valence-electron chi connectivity index (χ4n) is 2.29. The van der Waals surface area contributed by atoms with Gasteiger partial charge in [-0.05, 0) is 42.5 Å². The lowest BCUT2D eigenvalue weighted by Gasteiger charge is -2.08. The van der Waals surface area contributed by atoms with Gasteiger partial charge < -0.3 is 10.7 Å². The molecule has 3 rings (SSSR count). The van der Waals surface area contributed by atoms with Crippen molar-refractivity contribution in [2.24, 2.45) is 5.84 Å². The first-order chi connectivity index (χ1) is 8.85. The van der Waals surface area contributed by atoms with Crippen LogP contribution in [0.4, 0.5) is 17.3 Å². The lowest BCUT2D eigenvalue weighted by molar-refractivity contribution is 0.912. The zero-order chi connectivity index (χ0) is 12.4. The summed E-state index contributed by atoms with van der Waals surface area (Å²) in [7, 11) is 0. The molecule has 5 heteroatoms. The molecule has 4 N–H and O–H groups in total. The van der Waals surface area contributed by atoms with E-state index < -0.39 is 0 Å². The van der Waals surface area contributed by atoms with E-state index >= 15 is 0 Å². The molecule has 0 saturated carbocycles. The van der Waals surface area contributed by atoms with Crippen LogP contribution in [0.5, 0.6) is 0 Å². The van der Waals surface area contributed by atoms with Gasteiger partial charge in [0.1, 0.15) is 0 Å². The Morgan fingerprint density at radius 1 is 1.06 bits per heavy atom. The van der Waals surface area contributed by atoms with Crippen molar-refractivity contribution in [1.29, 1.82) is 0 Å². The van der Waals surface area contributed by atoms with Crippen LogP contribution in [-0.4, -0.2) is 9.97 Å². The highest BCUT2D eigenvalue weighted by Crippen LogP contribution is 2.26. The number of anilines is 3. The number of nitrogens with zero attached hydrogens (tertiary/aromatic N) is 2. The van der Waals surface area contributed by atoms with Gasteiger partial charge in [-0.25, -0.2) is 10.8 Å². The first kappa shape index (κ1) is 11.0. The molecule has 0 aliphatic heterocycles. The largest absolute Gasteiger partial charge is 0.339 e. The Morgan fingerprint density at radius 3 is 2.78 bits per heavy atom. The van der Waals surface area contributed by atoms with Crippen molar-refractivity contribution in [2.45, 2.75) is 19.3 Å². The molecule has 0 unspecified atom stereocenters. The van der Waals surface area contributed by atoms with Gasteiger partial charge in [-0.15, -0.1) is 0 Å². The number of hydrazine groups is 1. The summed E-state index contributed by atoms with van der Waals surface area (Å²) in [4.78, 5) is 8.33. The van der Waals surface area contributed by atoms with Crippen LogP contribution < -0.4 is 16.6 Å². The SMILES string of the molecule is NNc1cncc(Nc2ccc3c(c2)CCC3)n1. The van der Waals surface area contributed by atoms with Gasteiger partial charge in [0.25, 0.3) is 0 Å². The second kappa shape index (κ2) is 4.62. The van der Waals surface area contributed by atoms with Gasteiger partial charge in [0.15, 0.2) is 11.6 Å². The number of hydrogen-bond donors (Lipinski definition) is 3. The van der Waals surface area contributed by atoms with Crippen LogP contribution in [0.3, 0.4) is 0 Å². The number of benzene rings is 1. The number of aromatic nitrogens is 2. The van der Waals surface area contributed by atoms with E-state index in [-0.39, 0.29) is 0 Å². The lowest BCUT2D eigenvalue weighted by Crippen LogP contribution is -2.09. The molecule has 0 atom stereocenters. The molecular formula is C13H15N5. The molecule has 1 heterocycles. The van der Waals surface area contributed by atoms with E-state index in [4.69, 9.17) is 5.84 Å². The Hall–Kier alpha value is -2.14. The maximum Gasteiger partial charge on any atom is 0.160 e. The second-order valence-electron chi connectivity index (χ2n) is 4.40. The van der Waals surface area contributed by atoms with Crippen LogP contribution in [0.1, 0.15) is 17.5 Å². The van der Waals surface area contributed by atoms with Crippen molar-refractivity contribution in [1.82, 2.24) is 9.97 Å². The number of aryl methyl sites for hydroxylation is 2. The number of nitrogens with two attached hydrogens (primary N) is 1. The van der Waals surface area contributed by atoms with Gasteiger partial charge in [0, 0.05) is 5.69 Å². The third kappa shape index (κ3) is 2.12. The van der Waals surface area contributed by atoms with Gasteiger partial charge in [-0.1, -0.05) is 6.07 Å². The smallest absolute Gasteiger partial charge is 0.160 e. The monoisotopic (exact) mass is 241 g/mol. The van der Waals surface area contributed by atoms with E-state index in [2.05, 4.69) is 38.9 Å². The molecule has 1 aromatic heterocycles. The van der Waals surface area contributed by atoms with E-state index in [1.54, 1.807) is 12.4 Å². The fourth-order valence-corrected chi connectivity index (χ4v) is 2.29. The van der Waals surface area contributed by atoms with Crippen molar-refractivity contribution >= 4 is 17.3 Å². The minimum Gasteiger partial charge on any atom is -0.339 e. The highest BCUT2D eigenvalue weighted by molar-refractivity contribution is 5.59. The molecule has 0 amide bonds. The summed E-state index contributed by atoms with van der Waals surface area (Å²) in [6, 6.07) is 6.45. The summed E-state index contributed by atoms with van der Waals surface area (Å²) in [6.07, 6.45) is 6.87. The molecule has 1 aromatic carbocycles. The van der Waals surface area contributed by atoms with E-state index in [0.717, 1.165) is 5.69 Å². The molecule has 2 aromatic rings. The molecule has 5 nitrogen and oxygen atoms in total. The van der Waals surface area contributed by atoms with Gasteiger partial charge in [0.2, 0.25) is 0 Å². The molecule has 0 fully saturated rings. The standard InChI is InChI=1S/C13H15N5/c14-18-13-8-15-7-12(17-13)16-11-5-4-9-2-1-3-10(9)6-11/h4-8H,1-3,14H2,(H2,16,17,18). The van der Waals surface area contributed by atoms with Crippen LogP contribution in [0.25, 0.3) is 0 Å². The van der Waals surface area contributed by atoms with Crippen LogP contribution >= 0.6 is 0 Å². The molecule has 0 bridgehead atoms. The molecule has 1 aliphatic carbocycles. The Balaban J connectivity index is 1.83. The average Bonchev–Trinajstić information content (AvgIpc) is 2.86. The van der Waals surface area contributed by atoms with Crippen molar-refractivity contribution in [3.05, 3.63) is 41.7 Å². The van der Waals surface area contributed by atoms with E-state index in [0.29, 0.717) is 11.6 Å². The zero-order valence-corrected chi connectivity index (χ0v) is 9.98. The quantitative estimate of drug-likeness (QED) is 0.566. The lowest BCUT2D eigenvalue weighted by atomic mass is 10.1. The normalized spacial score (nSPS) is 13.2. The van der Waals surface area contributed by atoms with E-state index in [9.17, 15) is 0 Å². The Labute approximate surface area is 105 Å². The van der Waals surface area contributed by atoms with Crippen molar-refractivity contribution in [3.63, 3.8) is 0 Å². The topological polar surface area (TPSA) is 75.9 Å². The molecule has 0 spiro atoms. The van der Waals surface area contributed by atoms with Crippen LogP contribution in [0.2, 0.25) is 0 Å². The van der Waals surface area contributed by atoms with Crippen molar-refractivity contribution in [2.75, 3.05) is 10.7 Å². The summed E-state index contributed by atoms with van der Waals surface area (Å²) in [6.45, 7) is 0. The summed E-state index contributed by atoms with van der Waals surface area (Å²) in [5.74, 6) is 6.53. The van der Waals surface area contributed by atoms with Gasteiger partial charge >= 0.3 is 0 Å². The first-order valence-electron chi connectivity index (χ1n) is 6.02. The number of fused-ring (bicyclic) bond motifs is 1. The molecular weight excluding hydrogens is 226 g/mol. The third-order valence-electron chi connectivity index (χ3n) is 3.15. The van der Waals surface area contributed by atoms with Crippen LogP contribution in [0.15, 0.2) is 30.6 Å². The maximum atomic E-state index is 5.31. The summed E-state index contributed by atoms with van der Waals surface area (Å²) in [5, 5.41) is 3.24. The van der Waals surface area contributed by atoms with Crippen LogP contribution in [-0.2, 0) is 12.8 Å². The highest BCUT2D eigenvalue weighted by Gasteiger charge is 2.10. The molecule has 92 valence electrons. The minimum atomic E-state index is 0.543. The van der Waals surface area contributed by atoms with E-state index in [1.807, 2.05) is 0 Å². The summed E-state index contributed by atoms with van der Waals surface area (Å²) >= 11 is 0. The van der Waals surface area contributed by atoms with Gasteiger partial charge in [-0.2, -0.15) is 0 Å². The third-order valence-corrected chi connectivity index (χ3v) is 3.15. The van der Waals surface area contributed by atoms with Gasteiger partial charge in [-0.3, -0.25) is 4.98 Å². The van der Waals surface area contributed by atoms with Gasteiger partial charge in [0.05, 0.1) is 12.4 Å². The number of nitrogens with one attached hydrogen (secondary N) is 2. The zero-order valence-electron chi connectivity index (χ0n) is 9.98. The number of rotatable bonds is 3. The first-order valence-corrected chi connectivity index (χ1v) is 6.02. The van der Waals surface area contributed by atoms with Crippen molar-refractivity contribution < 1.29 is 0 Å². The molecule has 18 heavy (non-hydrogen) atoms. The fraction of sp³-hybridized carbons (Fsp3) is 0.231. The number of hydrogen-bond acceptors (Lipinski definition) is 5. The minimum absolute atomic E-state index is 0.543. The maximum absolute atomic E-state index is 5.31. The predicted octanol–water partition coefficient (Wildman–Crippen LogP) is 1.99. The molecule has 0 saturated heterocycles. The summed E-state index contributed by atoms with van der Waals surface area (Å²) in [5.41, 5.74) is 6.42. The molecule has 0 radical (unpaired) electrons. The number of nitrogen functional groups attached to an aromatic ring is 1. The Kier molecular flexibility index (Phi) is 2.82. The average molecular weight is 241 g/mol. The van der Waals surface area contributed by atoms with E-state index in [1.165, 1.54) is 30.4 Å². The Bertz CT molecular complexity index is 567.